The van der Waals surface area contributed by atoms with Crippen LogP contribution in [0.2, 0.25) is 0 Å². The van der Waals surface area contributed by atoms with Crippen molar-refractivity contribution in [3.8, 4) is 0 Å². The lowest BCUT2D eigenvalue weighted by molar-refractivity contribution is -0.149. The number of nitrogens with zero attached hydrogens (tertiary/aromatic N) is 1. The Balaban J connectivity index is 1.79. The molecule has 1 heterocycles. The Kier molecular flexibility index (Phi) is 11.8. The summed E-state index contributed by atoms with van der Waals surface area (Å²) < 4.78 is 5.17. The molecule has 2 aromatic rings. The van der Waals surface area contributed by atoms with Gasteiger partial charge in [0.2, 0.25) is 17.7 Å². The van der Waals surface area contributed by atoms with E-state index >= 15 is 0 Å². The van der Waals surface area contributed by atoms with Crippen LogP contribution in [0.1, 0.15) is 44.7 Å². The van der Waals surface area contributed by atoms with Crippen LogP contribution in [0, 0.1) is 0 Å². The Morgan fingerprint density at radius 2 is 1.57 bits per heavy atom. The van der Waals surface area contributed by atoms with E-state index in [2.05, 4.69) is 16.0 Å². The first-order valence-corrected chi connectivity index (χ1v) is 14.3. The number of nitrogens with one attached hydrogen (secondary N) is 3. The van der Waals surface area contributed by atoms with Crippen LogP contribution < -0.4 is 21.7 Å². The van der Waals surface area contributed by atoms with Gasteiger partial charge < -0.3 is 41.5 Å². The van der Waals surface area contributed by atoms with E-state index in [1.807, 2.05) is 0 Å². The number of carbonyl (C=O) groups excluding carboxylic acids is 5. The molecule has 0 aromatic heterocycles. The predicted molar refractivity (Wildman–Crippen MR) is 159 cm³/mol. The summed E-state index contributed by atoms with van der Waals surface area (Å²) in [5.41, 5.74) is 6.06. The molecular formula is C31H41N5O8. The van der Waals surface area contributed by atoms with Gasteiger partial charge in [-0.25, -0.2) is 4.79 Å². The minimum absolute atomic E-state index is 0.00437. The van der Waals surface area contributed by atoms with Crippen LogP contribution in [0.3, 0.4) is 0 Å². The smallest absolute Gasteiger partial charge is 0.408 e. The van der Waals surface area contributed by atoms with Gasteiger partial charge in [0.1, 0.15) is 18.7 Å². The molecule has 1 saturated heterocycles. The van der Waals surface area contributed by atoms with E-state index in [-0.39, 0.29) is 26.0 Å². The molecule has 13 nitrogen and oxygen atoms in total. The van der Waals surface area contributed by atoms with Crippen molar-refractivity contribution in [3.63, 3.8) is 0 Å². The van der Waals surface area contributed by atoms with Crippen molar-refractivity contribution >= 4 is 29.7 Å². The van der Waals surface area contributed by atoms with Crippen molar-refractivity contribution < 1.29 is 38.9 Å². The van der Waals surface area contributed by atoms with E-state index in [1.165, 1.54) is 0 Å². The average Bonchev–Trinajstić information content (AvgIpc) is 3.36. The number of aliphatic hydroxyl groups excluding tert-OH is 2. The highest BCUT2D eigenvalue weighted by Crippen LogP contribution is 2.22. The van der Waals surface area contributed by atoms with E-state index in [9.17, 15) is 34.2 Å². The number of hydrogen-bond acceptors (Lipinski definition) is 8. The molecule has 238 valence electrons. The van der Waals surface area contributed by atoms with Crippen LogP contribution in [0.25, 0.3) is 0 Å². The van der Waals surface area contributed by atoms with E-state index < -0.39 is 72.0 Å². The van der Waals surface area contributed by atoms with Crippen LogP contribution in [0.4, 0.5) is 4.79 Å². The fourth-order valence-corrected chi connectivity index (χ4v) is 4.84. The van der Waals surface area contributed by atoms with E-state index in [1.54, 1.807) is 81.4 Å². The molecule has 5 atom stereocenters. The van der Waals surface area contributed by atoms with Gasteiger partial charge in [-0.05, 0) is 44.7 Å². The van der Waals surface area contributed by atoms with Crippen molar-refractivity contribution in [3.05, 3.63) is 71.8 Å². The van der Waals surface area contributed by atoms with Crippen LogP contribution in [-0.4, -0.2) is 87.3 Å². The molecule has 13 heteroatoms. The number of aliphatic hydroxyl groups is 2. The number of alkyl carbamates (subject to hydrolysis) is 1. The van der Waals surface area contributed by atoms with Crippen molar-refractivity contribution in [2.45, 2.75) is 82.5 Å². The summed E-state index contributed by atoms with van der Waals surface area (Å²) in [4.78, 5) is 65.3. The molecule has 1 fully saturated rings. The zero-order valence-corrected chi connectivity index (χ0v) is 25.1. The molecular weight excluding hydrogens is 570 g/mol. The lowest BCUT2D eigenvalue weighted by Crippen LogP contribution is -2.60. The average molecular weight is 612 g/mol. The predicted octanol–water partition coefficient (Wildman–Crippen LogP) is 0.122. The molecule has 3 rings (SSSR count). The largest absolute Gasteiger partial charge is 0.445 e. The summed E-state index contributed by atoms with van der Waals surface area (Å²) in [6.45, 7) is 5.18. The molecule has 5 amide bonds. The summed E-state index contributed by atoms with van der Waals surface area (Å²) in [6.07, 6.45) is -4.47. The Hall–Kier alpha value is -4.49. The van der Waals surface area contributed by atoms with Crippen LogP contribution >= 0.6 is 0 Å². The van der Waals surface area contributed by atoms with Gasteiger partial charge in [-0.2, -0.15) is 0 Å². The van der Waals surface area contributed by atoms with Gasteiger partial charge in [0, 0.05) is 12.1 Å². The number of rotatable bonds is 12. The molecule has 0 unspecified atom stereocenters. The van der Waals surface area contributed by atoms with Gasteiger partial charge in [-0.1, -0.05) is 60.7 Å². The van der Waals surface area contributed by atoms with Gasteiger partial charge in [0.15, 0.2) is 6.10 Å². The highest BCUT2D eigenvalue weighted by atomic mass is 16.5. The third-order valence-electron chi connectivity index (χ3n) is 6.90. The molecule has 7 N–H and O–H groups in total. The van der Waals surface area contributed by atoms with Gasteiger partial charge in [0.25, 0.3) is 5.91 Å². The second-order valence-electron chi connectivity index (χ2n) is 11.8. The molecule has 1 aliphatic heterocycles. The maximum atomic E-state index is 13.6. The van der Waals surface area contributed by atoms with Crippen molar-refractivity contribution in [2.24, 2.45) is 5.73 Å². The molecule has 0 spiro atoms. The topological polar surface area (TPSA) is 200 Å². The van der Waals surface area contributed by atoms with Gasteiger partial charge >= 0.3 is 6.09 Å². The molecule has 44 heavy (non-hydrogen) atoms. The maximum absolute atomic E-state index is 13.6. The quantitative estimate of drug-likeness (QED) is 0.194. The lowest BCUT2D eigenvalue weighted by atomic mass is 9.99. The second kappa shape index (κ2) is 15.3. The molecule has 0 aliphatic carbocycles. The van der Waals surface area contributed by atoms with E-state index in [4.69, 9.17) is 10.5 Å². The molecule has 0 saturated carbocycles. The van der Waals surface area contributed by atoms with Crippen molar-refractivity contribution in [1.29, 1.82) is 0 Å². The summed E-state index contributed by atoms with van der Waals surface area (Å²) in [5, 5.41) is 29.5. The maximum Gasteiger partial charge on any atom is 0.408 e. The fraction of sp³-hybridized carbons (Fsp3) is 0.452. The monoisotopic (exact) mass is 611 g/mol. The second-order valence-corrected chi connectivity index (χ2v) is 11.8. The summed E-state index contributed by atoms with van der Waals surface area (Å²) in [5.74, 6) is -3.23. The van der Waals surface area contributed by atoms with E-state index in [0.717, 1.165) is 4.90 Å². The first kappa shape index (κ1) is 34.0. The van der Waals surface area contributed by atoms with Crippen LogP contribution in [0.15, 0.2) is 60.7 Å². The zero-order chi connectivity index (χ0) is 32.4. The van der Waals surface area contributed by atoms with Crippen LogP contribution in [-0.2, 0) is 36.9 Å². The first-order valence-electron chi connectivity index (χ1n) is 14.3. The van der Waals surface area contributed by atoms with Crippen LogP contribution in [0.5, 0.6) is 0 Å². The number of nitrogens with two attached hydrogens (primary N) is 1. The minimum Gasteiger partial charge on any atom is -0.445 e. The zero-order valence-electron chi connectivity index (χ0n) is 25.1. The summed E-state index contributed by atoms with van der Waals surface area (Å²) >= 11 is 0. The van der Waals surface area contributed by atoms with Gasteiger partial charge in [-0.15, -0.1) is 0 Å². The number of hydrogen-bond donors (Lipinski definition) is 6. The Morgan fingerprint density at radius 3 is 2.14 bits per heavy atom. The highest BCUT2D eigenvalue weighted by molar-refractivity contribution is 5.93. The number of primary amides is 1. The Labute approximate surface area is 256 Å². The lowest BCUT2D eigenvalue weighted by Gasteiger charge is -2.33. The number of benzene rings is 2. The summed E-state index contributed by atoms with van der Waals surface area (Å²) in [7, 11) is 0. The first-order chi connectivity index (χ1) is 20.7. The van der Waals surface area contributed by atoms with Gasteiger partial charge in [-0.3, -0.25) is 19.2 Å². The summed E-state index contributed by atoms with van der Waals surface area (Å²) in [6, 6.07) is 13.6. The van der Waals surface area contributed by atoms with Crippen molar-refractivity contribution in [2.75, 3.05) is 6.54 Å². The Bertz CT molecular complexity index is 1300. The number of likely N-dealkylation sites (tertiary alicyclic amines) is 1. The third kappa shape index (κ3) is 10.1. The molecule has 0 radical (unpaired) electrons. The minimum atomic E-state index is -1.85. The van der Waals surface area contributed by atoms with E-state index in [0.29, 0.717) is 11.1 Å². The SMILES string of the molecule is CC(C)(C)NC(=O)[C@@H]1[C@H](O)CCN1C(=O)[C@@H](O)[C@H](Cc1ccccc1)NC(=O)[C@H](CC(N)=O)NC(=O)OCc1ccccc1. The molecule has 1 aliphatic rings. The third-order valence-corrected chi connectivity index (χ3v) is 6.90. The number of amides is 5. The number of ether oxygens (including phenoxy) is 1. The fourth-order valence-electron chi connectivity index (χ4n) is 4.84. The Morgan fingerprint density at radius 1 is 0.977 bits per heavy atom. The standard InChI is InChI=1S/C31H41N5O8/c1-31(2,3)35-28(41)25-23(37)14-15-36(25)29(42)26(39)21(16-19-10-6-4-7-11-19)33-27(40)22(17-24(32)38)34-30(43)44-18-20-12-8-5-9-13-20/h4-13,21-23,25-26,37,39H,14-18H2,1-3H3,(H2,32,38)(H,33,40)(H,34,43)(H,35,41)/t21-,22-,23+,25-,26-/m0/s1. The van der Waals surface area contributed by atoms with Gasteiger partial charge in [0.05, 0.1) is 18.6 Å². The highest BCUT2D eigenvalue weighted by Gasteiger charge is 2.45. The molecule has 2 aromatic carbocycles. The normalized spacial score (nSPS) is 18.4. The number of carbonyl (C=O) groups is 5. The molecule has 0 bridgehead atoms. The van der Waals surface area contributed by atoms with Crippen molar-refractivity contribution in [1.82, 2.24) is 20.9 Å².